The second-order valence-electron chi connectivity index (χ2n) is 6.26. The third-order valence-corrected chi connectivity index (χ3v) is 5.01. The van der Waals surface area contributed by atoms with Gasteiger partial charge in [0.25, 0.3) is 0 Å². The second-order valence-corrected chi connectivity index (χ2v) is 6.26. The molecule has 1 fully saturated rings. The topological polar surface area (TPSA) is 20.2 Å². The first-order chi connectivity index (χ1) is 9.78. The number of aliphatic hydroxyl groups is 1. The van der Waals surface area contributed by atoms with Gasteiger partial charge in [0.15, 0.2) is 0 Å². The molecule has 0 spiro atoms. The molecule has 2 aromatic rings. The fraction of sp³-hybridized carbons (Fsp3) is 0.474. The summed E-state index contributed by atoms with van der Waals surface area (Å²) in [6.07, 6.45) is 5.58. The van der Waals surface area contributed by atoms with E-state index < -0.39 is 0 Å². The molecule has 1 nitrogen and oxygen atoms in total. The van der Waals surface area contributed by atoms with E-state index in [1.807, 2.05) is 0 Å². The van der Waals surface area contributed by atoms with Crippen LogP contribution in [0.1, 0.15) is 38.2 Å². The molecular formula is C19H24O. The zero-order valence-corrected chi connectivity index (χ0v) is 12.3. The molecule has 2 aromatic carbocycles. The minimum absolute atomic E-state index is 0.183. The van der Waals surface area contributed by atoms with Crippen molar-refractivity contribution in [2.24, 2.45) is 11.8 Å². The van der Waals surface area contributed by atoms with Gasteiger partial charge in [-0.15, -0.1) is 0 Å². The Bertz CT molecular complexity index is 569. The van der Waals surface area contributed by atoms with Crippen molar-refractivity contribution in [1.82, 2.24) is 0 Å². The lowest BCUT2D eigenvalue weighted by molar-refractivity contribution is 0.109. The van der Waals surface area contributed by atoms with Crippen LogP contribution in [-0.4, -0.2) is 11.2 Å². The maximum absolute atomic E-state index is 10.6. The van der Waals surface area contributed by atoms with Gasteiger partial charge in [-0.2, -0.15) is 0 Å². The first-order valence-corrected chi connectivity index (χ1v) is 7.92. The van der Waals surface area contributed by atoms with Crippen molar-refractivity contribution in [3.63, 3.8) is 0 Å². The number of aliphatic hydroxyl groups excluding tert-OH is 1. The summed E-state index contributed by atoms with van der Waals surface area (Å²) in [6, 6.07) is 14.9. The van der Waals surface area contributed by atoms with E-state index in [2.05, 4.69) is 49.4 Å². The molecule has 3 unspecified atom stereocenters. The lowest BCUT2D eigenvalue weighted by Crippen LogP contribution is -2.21. The molecular weight excluding hydrogens is 244 g/mol. The predicted molar refractivity (Wildman–Crippen MR) is 84.8 cm³/mol. The van der Waals surface area contributed by atoms with Gasteiger partial charge in [0.1, 0.15) is 0 Å². The minimum Gasteiger partial charge on any atom is -0.392 e. The highest BCUT2D eigenvalue weighted by Gasteiger charge is 2.29. The normalized spacial score (nSPS) is 24.1. The Hall–Kier alpha value is -1.34. The fourth-order valence-corrected chi connectivity index (χ4v) is 3.70. The highest BCUT2D eigenvalue weighted by molar-refractivity contribution is 5.85. The van der Waals surface area contributed by atoms with Crippen LogP contribution in [-0.2, 0) is 6.42 Å². The molecule has 0 aromatic heterocycles. The standard InChI is InChI=1S/C19H24O/c1-2-14-10-11-17(12-14)19(20)13-16-8-5-7-15-6-3-4-9-18(15)16/h3-9,14,17,19-20H,2,10-13H2,1H3. The quantitative estimate of drug-likeness (QED) is 0.861. The lowest BCUT2D eigenvalue weighted by Gasteiger charge is -2.19. The summed E-state index contributed by atoms with van der Waals surface area (Å²) in [7, 11) is 0. The van der Waals surface area contributed by atoms with Gasteiger partial charge in [-0.1, -0.05) is 62.2 Å². The van der Waals surface area contributed by atoms with Crippen LogP contribution in [0.15, 0.2) is 42.5 Å². The van der Waals surface area contributed by atoms with E-state index in [4.69, 9.17) is 0 Å². The van der Waals surface area contributed by atoms with E-state index in [0.717, 1.165) is 12.3 Å². The zero-order chi connectivity index (χ0) is 13.9. The Morgan fingerprint density at radius 1 is 1.10 bits per heavy atom. The Morgan fingerprint density at radius 2 is 1.90 bits per heavy atom. The molecule has 1 heteroatoms. The number of rotatable bonds is 4. The molecule has 106 valence electrons. The average Bonchev–Trinajstić information content (AvgIpc) is 2.97. The van der Waals surface area contributed by atoms with E-state index >= 15 is 0 Å². The average molecular weight is 268 g/mol. The zero-order valence-electron chi connectivity index (χ0n) is 12.3. The molecule has 0 radical (unpaired) electrons. The summed E-state index contributed by atoms with van der Waals surface area (Å²) in [5, 5.41) is 13.1. The number of hydrogen-bond donors (Lipinski definition) is 1. The van der Waals surface area contributed by atoms with Gasteiger partial charge in [-0.25, -0.2) is 0 Å². The molecule has 1 aliphatic carbocycles. The van der Waals surface area contributed by atoms with Crippen LogP contribution < -0.4 is 0 Å². The Labute approximate surface area is 121 Å². The molecule has 0 saturated heterocycles. The molecule has 1 saturated carbocycles. The summed E-state index contributed by atoms with van der Waals surface area (Å²) in [5.74, 6) is 1.33. The van der Waals surface area contributed by atoms with Crippen LogP contribution in [0.5, 0.6) is 0 Å². The van der Waals surface area contributed by atoms with Crippen molar-refractivity contribution in [3.05, 3.63) is 48.0 Å². The minimum atomic E-state index is -0.183. The van der Waals surface area contributed by atoms with Gasteiger partial charge >= 0.3 is 0 Å². The highest BCUT2D eigenvalue weighted by Crippen LogP contribution is 2.36. The first kappa shape index (κ1) is 13.6. The Kier molecular flexibility index (Phi) is 4.07. The van der Waals surface area contributed by atoms with Crippen molar-refractivity contribution < 1.29 is 5.11 Å². The van der Waals surface area contributed by atoms with Crippen molar-refractivity contribution in [3.8, 4) is 0 Å². The largest absolute Gasteiger partial charge is 0.392 e. The molecule has 0 heterocycles. The second kappa shape index (κ2) is 5.97. The molecule has 0 amide bonds. The van der Waals surface area contributed by atoms with Crippen LogP contribution in [0.2, 0.25) is 0 Å². The summed E-state index contributed by atoms with van der Waals surface area (Å²) >= 11 is 0. The highest BCUT2D eigenvalue weighted by atomic mass is 16.3. The van der Waals surface area contributed by atoms with Crippen LogP contribution in [0, 0.1) is 11.8 Å². The molecule has 3 rings (SSSR count). The maximum atomic E-state index is 10.6. The number of benzene rings is 2. The van der Waals surface area contributed by atoms with Gasteiger partial charge in [-0.05, 0) is 47.4 Å². The number of fused-ring (bicyclic) bond motifs is 1. The SMILES string of the molecule is CCC1CCC(C(O)Cc2cccc3ccccc23)C1. The van der Waals surface area contributed by atoms with Gasteiger partial charge < -0.3 is 5.11 Å². The van der Waals surface area contributed by atoms with E-state index in [9.17, 15) is 5.11 Å². The smallest absolute Gasteiger partial charge is 0.0609 e. The number of hydrogen-bond acceptors (Lipinski definition) is 1. The lowest BCUT2D eigenvalue weighted by atomic mass is 9.91. The maximum Gasteiger partial charge on any atom is 0.0609 e. The summed E-state index contributed by atoms with van der Waals surface area (Å²) in [6.45, 7) is 2.27. The van der Waals surface area contributed by atoms with Crippen molar-refractivity contribution in [2.75, 3.05) is 0 Å². The summed E-state index contributed by atoms with van der Waals surface area (Å²) < 4.78 is 0. The molecule has 3 atom stereocenters. The van der Waals surface area contributed by atoms with Crippen LogP contribution in [0.25, 0.3) is 10.8 Å². The third-order valence-electron chi connectivity index (χ3n) is 5.01. The summed E-state index contributed by atoms with van der Waals surface area (Å²) in [4.78, 5) is 0. The fourth-order valence-electron chi connectivity index (χ4n) is 3.70. The van der Waals surface area contributed by atoms with E-state index in [0.29, 0.717) is 5.92 Å². The Morgan fingerprint density at radius 3 is 2.70 bits per heavy atom. The molecule has 0 aliphatic heterocycles. The molecule has 1 aliphatic rings. The molecule has 0 bridgehead atoms. The monoisotopic (exact) mass is 268 g/mol. The van der Waals surface area contributed by atoms with Crippen molar-refractivity contribution >= 4 is 10.8 Å². The van der Waals surface area contributed by atoms with Gasteiger partial charge in [0.2, 0.25) is 0 Å². The Balaban J connectivity index is 1.76. The van der Waals surface area contributed by atoms with E-state index in [1.54, 1.807) is 0 Å². The van der Waals surface area contributed by atoms with Crippen LogP contribution in [0.4, 0.5) is 0 Å². The molecule has 20 heavy (non-hydrogen) atoms. The van der Waals surface area contributed by atoms with Crippen LogP contribution in [0.3, 0.4) is 0 Å². The van der Waals surface area contributed by atoms with Crippen molar-refractivity contribution in [1.29, 1.82) is 0 Å². The van der Waals surface area contributed by atoms with Gasteiger partial charge in [-0.3, -0.25) is 0 Å². The van der Waals surface area contributed by atoms with Crippen molar-refractivity contribution in [2.45, 2.75) is 45.1 Å². The predicted octanol–water partition coefficient (Wildman–Crippen LogP) is 4.57. The van der Waals surface area contributed by atoms with E-state index in [1.165, 1.54) is 42.0 Å². The van der Waals surface area contributed by atoms with E-state index in [-0.39, 0.29) is 6.10 Å². The summed E-state index contributed by atoms with van der Waals surface area (Å²) in [5.41, 5.74) is 1.29. The first-order valence-electron chi connectivity index (χ1n) is 7.92. The van der Waals surface area contributed by atoms with Crippen LogP contribution >= 0.6 is 0 Å². The van der Waals surface area contributed by atoms with Gasteiger partial charge in [0, 0.05) is 0 Å². The third kappa shape index (κ3) is 2.73. The van der Waals surface area contributed by atoms with Gasteiger partial charge in [0.05, 0.1) is 6.10 Å². The molecule has 1 N–H and O–H groups in total.